The second kappa shape index (κ2) is 7.99. The van der Waals surface area contributed by atoms with Crippen molar-refractivity contribution in [2.75, 3.05) is 11.9 Å². The molecule has 2 amide bonds. The second-order valence-electron chi connectivity index (χ2n) is 5.09. The van der Waals surface area contributed by atoms with Gasteiger partial charge in [-0.25, -0.2) is 0 Å². The Morgan fingerprint density at radius 3 is 2.26 bits per heavy atom. The van der Waals surface area contributed by atoms with Crippen molar-refractivity contribution in [3.63, 3.8) is 0 Å². The van der Waals surface area contributed by atoms with E-state index in [9.17, 15) is 9.59 Å². The van der Waals surface area contributed by atoms with Crippen LogP contribution in [0.25, 0.3) is 0 Å². The van der Waals surface area contributed by atoms with Crippen LogP contribution < -0.4 is 10.6 Å². The molecule has 2 aromatic rings. The predicted octanol–water partition coefficient (Wildman–Crippen LogP) is 3.60. The lowest BCUT2D eigenvalue weighted by molar-refractivity contribution is -0.123. The minimum absolute atomic E-state index is 0.0888. The number of hydrogen-bond donors (Lipinski definition) is 2. The van der Waals surface area contributed by atoms with E-state index in [4.69, 9.17) is 23.2 Å². The molecule has 0 aliphatic rings. The summed E-state index contributed by atoms with van der Waals surface area (Å²) in [6.07, 6.45) is 0.199. The van der Waals surface area contributed by atoms with E-state index >= 15 is 0 Å². The highest BCUT2D eigenvalue weighted by Crippen LogP contribution is 2.19. The number of rotatable bonds is 5. The largest absolute Gasteiger partial charge is 0.347 e. The Kier molecular flexibility index (Phi) is 6.02. The fourth-order valence-corrected chi connectivity index (χ4v) is 2.34. The van der Waals surface area contributed by atoms with Crippen LogP contribution in [0, 0.1) is 6.92 Å². The average molecular weight is 351 g/mol. The zero-order chi connectivity index (χ0) is 16.8. The molecule has 0 radical (unpaired) electrons. The molecule has 2 N–H and O–H groups in total. The number of benzene rings is 2. The fourth-order valence-electron chi connectivity index (χ4n) is 1.99. The smallest absolute Gasteiger partial charge is 0.243 e. The number of halogens is 2. The molecule has 0 atom stereocenters. The first-order chi connectivity index (χ1) is 10.9. The van der Waals surface area contributed by atoms with Gasteiger partial charge in [0.1, 0.15) is 0 Å². The standard InChI is InChI=1S/C17H16Cl2N2O2/c1-11-8-14(19)6-7-15(11)21-17(23)10-20-16(22)9-12-2-4-13(18)5-3-12/h2-8H,9-10H2,1H3,(H,20,22)(H,21,23). The van der Waals surface area contributed by atoms with Crippen molar-refractivity contribution in [2.24, 2.45) is 0 Å². The Bertz CT molecular complexity index is 715. The van der Waals surface area contributed by atoms with Crippen molar-refractivity contribution >= 4 is 40.7 Å². The molecule has 0 saturated heterocycles. The van der Waals surface area contributed by atoms with Crippen LogP contribution in [-0.4, -0.2) is 18.4 Å². The topological polar surface area (TPSA) is 58.2 Å². The van der Waals surface area contributed by atoms with Crippen LogP contribution in [0.15, 0.2) is 42.5 Å². The van der Waals surface area contributed by atoms with Crippen LogP contribution in [-0.2, 0) is 16.0 Å². The summed E-state index contributed by atoms with van der Waals surface area (Å²) >= 11 is 11.7. The van der Waals surface area contributed by atoms with Crippen molar-refractivity contribution < 1.29 is 9.59 Å². The highest BCUT2D eigenvalue weighted by molar-refractivity contribution is 6.31. The fraction of sp³-hybridized carbons (Fsp3) is 0.176. The molecule has 6 heteroatoms. The van der Waals surface area contributed by atoms with Gasteiger partial charge in [0.05, 0.1) is 13.0 Å². The lowest BCUT2D eigenvalue weighted by atomic mass is 10.1. The third-order valence-corrected chi connectivity index (χ3v) is 3.67. The second-order valence-corrected chi connectivity index (χ2v) is 5.96. The van der Waals surface area contributed by atoms with Gasteiger partial charge in [-0.1, -0.05) is 35.3 Å². The predicted molar refractivity (Wildman–Crippen MR) is 93.0 cm³/mol. The molecule has 0 aromatic heterocycles. The van der Waals surface area contributed by atoms with E-state index in [1.807, 2.05) is 6.92 Å². The Balaban J connectivity index is 1.81. The minimum atomic E-state index is -0.292. The summed E-state index contributed by atoms with van der Waals surface area (Å²) in [5, 5.41) is 6.55. The summed E-state index contributed by atoms with van der Waals surface area (Å²) < 4.78 is 0. The van der Waals surface area contributed by atoms with E-state index in [2.05, 4.69) is 10.6 Å². The maximum Gasteiger partial charge on any atom is 0.243 e. The lowest BCUT2D eigenvalue weighted by Crippen LogP contribution is -2.33. The van der Waals surface area contributed by atoms with Gasteiger partial charge in [-0.05, 0) is 48.4 Å². The zero-order valence-corrected chi connectivity index (χ0v) is 14.0. The van der Waals surface area contributed by atoms with E-state index in [0.29, 0.717) is 15.7 Å². The number of hydrogen-bond acceptors (Lipinski definition) is 2. The van der Waals surface area contributed by atoms with Gasteiger partial charge in [-0.15, -0.1) is 0 Å². The molecule has 120 valence electrons. The summed E-state index contributed by atoms with van der Waals surface area (Å²) in [6.45, 7) is 1.76. The molecule has 4 nitrogen and oxygen atoms in total. The van der Waals surface area contributed by atoms with Gasteiger partial charge in [0.25, 0.3) is 0 Å². The van der Waals surface area contributed by atoms with E-state index in [-0.39, 0.29) is 24.8 Å². The van der Waals surface area contributed by atoms with Gasteiger partial charge in [-0.2, -0.15) is 0 Å². The first-order valence-corrected chi connectivity index (χ1v) is 7.77. The zero-order valence-electron chi connectivity index (χ0n) is 12.5. The molecule has 0 heterocycles. The lowest BCUT2D eigenvalue weighted by Gasteiger charge is -2.09. The van der Waals surface area contributed by atoms with Crippen LogP contribution in [0.1, 0.15) is 11.1 Å². The van der Waals surface area contributed by atoms with E-state index in [1.165, 1.54) is 0 Å². The molecule has 2 aromatic carbocycles. The Hall–Kier alpha value is -2.04. The number of amides is 2. The summed E-state index contributed by atoms with van der Waals surface area (Å²) in [6, 6.07) is 12.2. The van der Waals surface area contributed by atoms with Gasteiger partial charge in [0.2, 0.25) is 11.8 Å². The normalized spacial score (nSPS) is 10.2. The highest BCUT2D eigenvalue weighted by atomic mass is 35.5. The van der Waals surface area contributed by atoms with Gasteiger partial charge in [0.15, 0.2) is 0 Å². The first kappa shape index (κ1) is 17.3. The minimum Gasteiger partial charge on any atom is -0.347 e. The maximum absolute atomic E-state index is 11.9. The maximum atomic E-state index is 11.9. The number of nitrogens with one attached hydrogen (secondary N) is 2. The molecule has 2 rings (SSSR count). The van der Waals surface area contributed by atoms with E-state index in [1.54, 1.807) is 42.5 Å². The molecule has 0 unspecified atom stereocenters. The van der Waals surface area contributed by atoms with Crippen molar-refractivity contribution in [3.05, 3.63) is 63.6 Å². The van der Waals surface area contributed by atoms with E-state index < -0.39 is 0 Å². The highest BCUT2D eigenvalue weighted by Gasteiger charge is 2.08. The number of aryl methyl sites for hydroxylation is 1. The summed E-state index contributed by atoms with van der Waals surface area (Å²) in [4.78, 5) is 23.7. The molecule has 23 heavy (non-hydrogen) atoms. The van der Waals surface area contributed by atoms with Crippen molar-refractivity contribution in [1.82, 2.24) is 5.32 Å². The van der Waals surface area contributed by atoms with Crippen molar-refractivity contribution in [2.45, 2.75) is 13.3 Å². The van der Waals surface area contributed by atoms with Crippen LogP contribution >= 0.6 is 23.2 Å². The van der Waals surface area contributed by atoms with Crippen molar-refractivity contribution in [1.29, 1.82) is 0 Å². The Labute approximate surface area is 144 Å². The van der Waals surface area contributed by atoms with Crippen LogP contribution in [0.4, 0.5) is 5.69 Å². The number of carbonyl (C=O) groups is 2. The summed E-state index contributed by atoms with van der Waals surface area (Å²) in [7, 11) is 0. The third kappa shape index (κ3) is 5.58. The van der Waals surface area contributed by atoms with E-state index in [0.717, 1.165) is 11.1 Å². The van der Waals surface area contributed by atoms with Gasteiger partial charge in [0, 0.05) is 15.7 Å². The first-order valence-electron chi connectivity index (χ1n) is 7.01. The molecular weight excluding hydrogens is 335 g/mol. The molecule has 0 spiro atoms. The van der Waals surface area contributed by atoms with Gasteiger partial charge < -0.3 is 10.6 Å². The van der Waals surface area contributed by atoms with Crippen LogP contribution in [0.3, 0.4) is 0 Å². The van der Waals surface area contributed by atoms with Gasteiger partial charge >= 0.3 is 0 Å². The SMILES string of the molecule is Cc1cc(Cl)ccc1NC(=O)CNC(=O)Cc1ccc(Cl)cc1. The molecular formula is C17H16Cl2N2O2. The quantitative estimate of drug-likeness (QED) is 0.865. The van der Waals surface area contributed by atoms with Crippen LogP contribution in [0.2, 0.25) is 10.0 Å². The van der Waals surface area contributed by atoms with Crippen molar-refractivity contribution in [3.8, 4) is 0 Å². The molecule has 0 aliphatic heterocycles. The number of anilines is 1. The monoisotopic (exact) mass is 350 g/mol. The average Bonchev–Trinajstić information content (AvgIpc) is 2.50. The Morgan fingerprint density at radius 1 is 0.957 bits per heavy atom. The summed E-state index contributed by atoms with van der Waals surface area (Å²) in [5.41, 5.74) is 2.37. The van der Waals surface area contributed by atoms with Gasteiger partial charge in [-0.3, -0.25) is 9.59 Å². The molecule has 0 saturated carbocycles. The third-order valence-electron chi connectivity index (χ3n) is 3.19. The molecule has 0 fully saturated rings. The summed E-state index contributed by atoms with van der Waals surface area (Å²) in [5.74, 6) is -0.518. The van der Waals surface area contributed by atoms with Crippen LogP contribution in [0.5, 0.6) is 0 Å². The molecule has 0 aliphatic carbocycles. The molecule has 0 bridgehead atoms. The Morgan fingerprint density at radius 2 is 1.61 bits per heavy atom. The number of carbonyl (C=O) groups excluding carboxylic acids is 2.